The number of carbonyl (C=O) groups is 1. The molecule has 2 rings (SSSR count). The second-order valence-corrected chi connectivity index (χ2v) is 5.80. The molecule has 1 aliphatic heterocycles. The van der Waals surface area contributed by atoms with Crippen molar-refractivity contribution in [1.82, 2.24) is 4.90 Å². The van der Waals surface area contributed by atoms with Crippen LogP contribution < -0.4 is 0 Å². The van der Waals surface area contributed by atoms with Crippen molar-refractivity contribution < 1.29 is 4.79 Å². The minimum Gasteiger partial charge on any atom is -0.301 e. The van der Waals surface area contributed by atoms with Gasteiger partial charge in [0.15, 0.2) is 5.78 Å². The quantitative estimate of drug-likeness (QED) is 0.765. The van der Waals surface area contributed by atoms with Gasteiger partial charge < -0.3 is 4.90 Å². The largest absolute Gasteiger partial charge is 0.301 e. The lowest BCUT2D eigenvalue weighted by Crippen LogP contribution is -2.37. The maximum atomic E-state index is 11.6. The molecule has 1 aromatic rings. The maximum absolute atomic E-state index is 11.6. The third-order valence-corrected chi connectivity index (χ3v) is 4.29. The van der Waals surface area contributed by atoms with Gasteiger partial charge in [-0.25, -0.2) is 0 Å². The highest BCUT2D eigenvalue weighted by atomic mass is 16.1. The van der Waals surface area contributed by atoms with Gasteiger partial charge in [0, 0.05) is 18.0 Å². The van der Waals surface area contributed by atoms with Crippen LogP contribution in [0.5, 0.6) is 0 Å². The monoisotopic (exact) mass is 259 g/mol. The molecule has 1 heterocycles. The lowest BCUT2D eigenvalue weighted by atomic mass is 9.88. The van der Waals surface area contributed by atoms with Crippen molar-refractivity contribution >= 4 is 5.78 Å². The third-order valence-electron chi connectivity index (χ3n) is 4.29. The highest BCUT2D eigenvalue weighted by molar-refractivity contribution is 5.95. The number of ketones is 1. The summed E-state index contributed by atoms with van der Waals surface area (Å²) >= 11 is 0. The fourth-order valence-electron chi connectivity index (χ4n) is 2.89. The molecule has 1 aliphatic rings. The van der Waals surface area contributed by atoms with Gasteiger partial charge in [0.1, 0.15) is 0 Å². The molecule has 0 saturated carbocycles. The molecule has 1 aromatic carbocycles. The molecule has 0 radical (unpaired) electrons. The fraction of sp³-hybridized carbons (Fsp3) is 0.588. The van der Waals surface area contributed by atoms with E-state index in [1.807, 2.05) is 19.1 Å². The van der Waals surface area contributed by atoms with Crippen LogP contribution in [0, 0.1) is 0 Å². The Balaban J connectivity index is 1.98. The zero-order valence-electron chi connectivity index (χ0n) is 12.4. The Morgan fingerprint density at radius 1 is 1.21 bits per heavy atom. The first-order valence-corrected chi connectivity index (χ1v) is 7.49. The zero-order chi connectivity index (χ0) is 13.8. The molecular formula is C17H25NO. The summed E-state index contributed by atoms with van der Waals surface area (Å²) in [5.41, 5.74) is 2.25. The lowest BCUT2D eigenvalue weighted by Gasteiger charge is -2.34. The molecule has 0 aliphatic carbocycles. The predicted molar refractivity (Wildman–Crippen MR) is 79.7 cm³/mol. The Hall–Kier alpha value is -1.15. The minimum atomic E-state index is 0.237. The van der Waals surface area contributed by atoms with Crippen LogP contribution in [0.25, 0.3) is 0 Å². The molecule has 2 heteroatoms. The molecule has 0 N–H and O–H groups in total. The number of piperidine rings is 1. The van der Waals surface area contributed by atoms with Gasteiger partial charge in [-0.05, 0) is 51.3 Å². The van der Waals surface area contributed by atoms with Crippen molar-refractivity contribution in [3.8, 4) is 0 Å². The second kappa shape index (κ2) is 6.33. The van der Waals surface area contributed by atoms with Gasteiger partial charge in [-0.2, -0.15) is 0 Å². The van der Waals surface area contributed by atoms with Crippen LogP contribution in [-0.4, -0.2) is 29.8 Å². The molecular weight excluding hydrogens is 234 g/mol. The zero-order valence-corrected chi connectivity index (χ0v) is 12.4. The molecule has 104 valence electrons. The minimum absolute atomic E-state index is 0.237. The van der Waals surface area contributed by atoms with E-state index in [0.29, 0.717) is 18.4 Å². The van der Waals surface area contributed by atoms with Crippen LogP contribution in [-0.2, 0) is 0 Å². The number of rotatable bonds is 4. The van der Waals surface area contributed by atoms with E-state index in [1.165, 1.54) is 31.5 Å². The van der Waals surface area contributed by atoms with E-state index in [-0.39, 0.29) is 5.78 Å². The molecule has 0 aromatic heterocycles. The number of benzene rings is 1. The van der Waals surface area contributed by atoms with Crippen LogP contribution in [0.2, 0.25) is 0 Å². The van der Waals surface area contributed by atoms with Gasteiger partial charge in [0.2, 0.25) is 0 Å². The van der Waals surface area contributed by atoms with Gasteiger partial charge in [0.25, 0.3) is 0 Å². The fourth-order valence-corrected chi connectivity index (χ4v) is 2.89. The van der Waals surface area contributed by atoms with Crippen molar-refractivity contribution in [2.45, 2.75) is 52.0 Å². The van der Waals surface area contributed by atoms with Crippen molar-refractivity contribution in [1.29, 1.82) is 0 Å². The smallest absolute Gasteiger partial charge is 0.162 e. The Bertz CT molecular complexity index is 413. The van der Waals surface area contributed by atoms with E-state index in [0.717, 1.165) is 5.56 Å². The standard InChI is InChI=1S/C17H25NO/c1-4-17(19)16-7-5-14(6-8-16)15-9-11-18(12-10-15)13(2)3/h5-8,13,15H,4,9-12H2,1-3H3. The summed E-state index contributed by atoms with van der Waals surface area (Å²) in [4.78, 5) is 14.2. The average Bonchev–Trinajstić information content (AvgIpc) is 2.46. The van der Waals surface area contributed by atoms with Crippen molar-refractivity contribution in [3.05, 3.63) is 35.4 Å². The summed E-state index contributed by atoms with van der Waals surface area (Å²) in [6.45, 7) is 8.84. The molecule has 0 spiro atoms. The summed E-state index contributed by atoms with van der Waals surface area (Å²) in [6, 6.07) is 8.95. The highest BCUT2D eigenvalue weighted by Gasteiger charge is 2.21. The third kappa shape index (κ3) is 3.44. The molecule has 0 amide bonds. The summed E-state index contributed by atoms with van der Waals surface area (Å²) in [6.07, 6.45) is 3.06. The van der Waals surface area contributed by atoms with Crippen LogP contribution in [0.4, 0.5) is 0 Å². The molecule has 0 bridgehead atoms. The van der Waals surface area contributed by atoms with Crippen molar-refractivity contribution in [2.75, 3.05) is 13.1 Å². The highest BCUT2D eigenvalue weighted by Crippen LogP contribution is 2.29. The molecule has 2 nitrogen and oxygen atoms in total. The number of carbonyl (C=O) groups excluding carboxylic acids is 1. The summed E-state index contributed by atoms with van der Waals surface area (Å²) < 4.78 is 0. The first kappa shape index (κ1) is 14.3. The predicted octanol–water partition coefficient (Wildman–Crippen LogP) is 3.87. The molecule has 1 fully saturated rings. The van der Waals surface area contributed by atoms with Gasteiger partial charge in [-0.3, -0.25) is 4.79 Å². The Morgan fingerprint density at radius 2 is 1.79 bits per heavy atom. The lowest BCUT2D eigenvalue weighted by molar-refractivity contribution is 0.0988. The van der Waals surface area contributed by atoms with Gasteiger partial charge in [-0.15, -0.1) is 0 Å². The first-order valence-electron chi connectivity index (χ1n) is 7.49. The van der Waals surface area contributed by atoms with E-state index in [1.54, 1.807) is 0 Å². The topological polar surface area (TPSA) is 20.3 Å². The Kier molecular flexibility index (Phi) is 4.76. The molecule has 1 saturated heterocycles. The van der Waals surface area contributed by atoms with E-state index in [9.17, 15) is 4.79 Å². The van der Waals surface area contributed by atoms with Crippen LogP contribution in [0.3, 0.4) is 0 Å². The van der Waals surface area contributed by atoms with E-state index < -0.39 is 0 Å². The summed E-state index contributed by atoms with van der Waals surface area (Å²) in [5.74, 6) is 0.905. The van der Waals surface area contributed by atoms with E-state index in [4.69, 9.17) is 0 Å². The normalized spacial score (nSPS) is 17.9. The van der Waals surface area contributed by atoms with Gasteiger partial charge in [-0.1, -0.05) is 31.2 Å². The number of likely N-dealkylation sites (tertiary alicyclic amines) is 1. The van der Waals surface area contributed by atoms with E-state index >= 15 is 0 Å². The number of hydrogen-bond acceptors (Lipinski definition) is 2. The SMILES string of the molecule is CCC(=O)c1ccc(C2CCN(C(C)C)CC2)cc1. The van der Waals surface area contributed by atoms with Gasteiger partial charge in [0.05, 0.1) is 0 Å². The Labute approximate surface area is 116 Å². The molecule has 0 unspecified atom stereocenters. The Morgan fingerprint density at radius 3 is 2.26 bits per heavy atom. The van der Waals surface area contributed by atoms with Crippen LogP contribution in [0.1, 0.15) is 61.9 Å². The van der Waals surface area contributed by atoms with E-state index in [2.05, 4.69) is 30.9 Å². The summed E-state index contributed by atoms with van der Waals surface area (Å²) in [5, 5.41) is 0. The van der Waals surface area contributed by atoms with Crippen LogP contribution >= 0.6 is 0 Å². The van der Waals surface area contributed by atoms with Gasteiger partial charge >= 0.3 is 0 Å². The number of hydrogen-bond donors (Lipinski definition) is 0. The van der Waals surface area contributed by atoms with Crippen molar-refractivity contribution in [3.63, 3.8) is 0 Å². The molecule has 19 heavy (non-hydrogen) atoms. The summed E-state index contributed by atoms with van der Waals surface area (Å²) in [7, 11) is 0. The number of nitrogens with zero attached hydrogens (tertiary/aromatic N) is 1. The maximum Gasteiger partial charge on any atom is 0.162 e. The number of Topliss-reactive ketones (excluding diaryl/α,β-unsaturated/α-hetero) is 1. The second-order valence-electron chi connectivity index (χ2n) is 5.80. The van der Waals surface area contributed by atoms with Crippen molar-refractivity contribution in [2.24, 2.45) is 0 Å². The average molecular weight is 259 g/mol. The first-order chi connectivity index (χ1) is 9.11. The van der Waals surface area contributed by atoms with Crippen LogP contribution in [0.15, 0.2) is 24.3 Å². The molecule has 0 atom stereocenters.